The van der Waals surface area contributed by atoms with Crippen molar-refractivity contribution in [1.29, 1.82) is 0 Å². The maximum atomic E-state index is 13.8. The van der Waals surface area contributed by atoms with Gasteiger partial charge in [0.15, 0.2) is 5.78 Å². The van der Waals surface area contributed by atoms with Crippen LogP contribution in [-0.2, 0) is 15.7 Å². The van der Waals surface area contributed by atoms with E-state index in [1.54, 1.807) is 39.0 Å². The normalized spacial score (nSPS) is 11.6. The highest BCUT2D eigenvalue weighted by Crippen LogP contribution is 2.38. The number of anilines is 2. The number of nitrogens with one attached hydrogen (secondary N) is 1. The number of halogens is 3. The molecule has 1 heterocycles. The van der Waals surface area contributed by atoms with E-state index in [4.69, 9.17) is 4.74 Å². The molecule has 0 saturated heterocycles. The number of rotatable bonds is 8. The minimum atomic E-state index is -4.65. The second kappa shape index (κ2) is 13.3. The summed E-state index contributed by atoms with van der Waals surface area (Å²) in [6.07, 6.45) is -5.72. The highest BCUT2D eigenvalue weighted by atomic mass is 19.4. The molecule has 0 aliphatic heterocycles. The standard InChI is InChI=1S/C32H37F3N4O4/c1-8-14-38(7)27-18-25(12-13-26(27)32(33,34)35)39(30(42)43-31(4,5)6)37-29(41)19-28(40)23-11-9-10-22(17-23)24-15-20(2)36-21(3)16-24/h9-13,15-18H,8,14,19H2,1-7H3,(H,37,41). The van der Waals surface area contributed by atoms with Gasteiger partial charge in [0.2, 0.25) is 5.91 Å². The minimum Gasteiger partial charge on any atom is -0.442 e. The Hall–Kier alpha value is -4.41. The molecule has 8 nitrogen and oxygen atoms in total. The first kappa shape index (κ1) is 33.1. The zero-order valence-electron chi connectivity index (χ0n) is 25.4. The lowest BCUT2D eigenvalue weighted by Crippen LogP contribution is -2.49. The number of aromatic nitrogens is 1. The molecular weight excluding hydrogens is 561 g/mol. The van der Waals surface area contributed by atoms with Crippen LogP contribution in [0.3, 0.4) is 0 Å². The van der Waals surface area contributed by atoms with E-state index in [0.717, 1.165) is 45.7 Å². The molecule has 0 aliphatic rings. The lowest BCUT2D eigenvalue weighted by molar-refractivity contribution is -0.137. The fourth-order valence-corrected chi connectivity index (χ4v) is 4.48. The van der Waals surface area contributed by atoms with Crippen molar-refractivity contribution in [3.8, 4) is 11.1 Å². The van der Waals surface area contributed by atoms with Crippen molar-refractivity contribution in [2.45, 2.75) is 66.2 Å². The molecule has 3 aromatic rings. The summed E-state index contributed by atoms with van der Waals surface area (Å²) in [6, 6.07) is 13.6. The number of amides is 2. The molecule has 3 rings (SSSR count). The van der Waals surface area contributed by atoms with E-state index in [9.17, 15) is 27.6 Å². The predicted molar refractivity (Wildman–Crippen MR) is 160 cm³/mol. The summed E-state index contributed by atoms with van der Waals surface area (Å²) in [6.45, 7) is 10.7. The Morgan fingerprint density at radius 1 is 0.930 bits per heavy atom. The molecule has 0 fully saturated rings. The zero-order chi connectivity index (χ0) is 32.1. The van der Waals surface area contributed by atoms with Gasteiger partial charge in [-0.25, -0.2) is 4.79 Å². The largest absolute Gasteiger partial charge is 0.442 e. The number of nitrogens with zero attached hydrogens (tertiary/aromatic N) is 3. The second-order valence-electron chi connectivity index (χ2n) is 11.3. The van der Waals surface area contributed by atoms with Gasteiger partial charge in [-0.05, 0) is 88.6 Å². The lowest BCUT2D eigenvalue weighted by atomic mass is 10.00. The van der Waals surface area contributed by atoms with E-state index in [0.29, 0.717) is 13.0 Å². The SMILES string of the molecule is CCCN(C)c1cc(N(NC(=O)CC(=O)c2cccc(-c3cc(C)nc(C)c3)c2)C(=O)OC(C)(C)C)ccc1C(F)(F)F. The molecule has 2 amide bonds. The van der Waals surface area contributed by atoms with Gasteiger partial charge in [-0.3, -0.25) is 20.0 Å². The van der Waals surface area contributed by atoms with Crippen molar-refractivity contribution >= 4 is 29.2 Å². The molecule has 1 aromatic heterocycles. The Morgan fingerprint density at radius 2 is 1.58 bits per heavy atom. The first-order valence-electron chi connectivity index (χ1n) is 13.8. The van der Waals surface area contributed by atoms with Gasteiger partial charge in [0.1, 0.15) is 5.60 Å². The van der Waals surface area contributed by atoms with Gasteiger partial charge in [-0.1, -0.05) is 25.1 Å². The van der Waals surface area contributed by atoms with Crippen LogP contribution < -0.4 is 15.3 Å². The molecule has 0 aliphatic carbocycles. The third-order valence-corrected chi connectivity index (χ3v) is 6.25. The van der Waals surface area contributed by atoms with Crippen molar-refractivity contribution in [3.63, 3.8) is 0 Å². The summed E-state index contributed by atoms with van der Waals surface area (Å²) in [5, 5.41) is 0.725. The number of pyridine rings is 1. The van der Waals surface area contributed by atoms with Crippen LogP contribution in [0.1, 0.15) is 67.8 Å². The summed E-state index contributed by atoms with van der Waals surface area (Å²) >= 11 is 0. The predicted octanol–water partition coefficient (Wildman–Crippen LogP) is 7.28. The monoisotopic (exact) mass is 598 g/mol. The van der Waals surface area contributed by atoms with E-state index in [1.807, 2.05) is 39.0 Å². The number of hydrogen-bond donors (Lipinski definition) is 1. The molecule has 230 valence electrons. The summed E-state index contributed by atoms with van der Waals surface area (Å²) in [4.78, 5) is 45.2. The number of hydrazine groups is 1. The number of carbonyl (C=O) groups excluding carboxylic acids is 3. The van der Waals surface area contributed by atoms with Crippen molar-refractivity contribution in [3.05, 3.63) is 77.1 Å². The fourth-order valence-electron chi connectivity index (χ4n) is 4.48. The number of Topliss-reactive ketones (excluding diaryl/α,β-unsaturated/α-hetero) is 1. The van der Waals surface area contributed by atoms with Gasteiger partial charge in [-0.15, -0.1) is 0 Å². The van der Waals surface area contributed by atoms with Gasteiger partial charge in [0, 0.05) is 30.5 Å². The molecule has 0 bridgehead atoms. The number of ether oxygens (including phenoxy) is 1. The van der Waals surface area contributed by atoms with Crippen LogP contribution in [0, 0.1) is 13.8 Å². The van der Waals surface area contributed by atoms with E-state index in [2.05, 4.69) is 10.4 Å². The fraction of sp³-hybridized carbons (Fsp3) is 0.375. The third-order valence-electron chi connectivity index (χ3n) is 6.25. The molecule has 0 atom stereocenters. The Labute approximate surface area is 249 Å². The van der Waals surface area contributed by atoms with Crippen molar-refractivity contribution in [2.24, 2.45) is 0 Å². The molecule has 11 heteroatoms. The number of aryl methyl sites for hydroxylation is 2. The summed E-state index contributed by atoms with van der Waals surface area (Å²) in [5.41, 5.74) is 3.81. The van der Waals surface area contributed by atoms with Gasteiger partial charge in [0.25, 0.3) is 0 Å². The Morgan fingerprint density at radius 3 is 2.16 bits per heavy atom. The average Bonchev–Trinajstić information content (AvgIpc) is 2.89. The lowest BCUT2D eigenvalue weighted by Gasteiger charge is -2.29. The van der Waals surface area contributed by atoms with Crippen LogP contribution in [0.4, 0.5) is 29.3 Å². The molecule has 1 N–H and O–H groups in total. The van der Waals surface area contributed by atoms with Crippen molar-refractivity contribution < 1.29 is 32.3 Å². The van der Waals surface area contributed by atoms with Crippen LogP contribution in [0.15, 0.2) is 54.6 Å². The van der Waals surface area contributed by atoms with Gasteiger partial charge < -0.3 is 9.64 Å². The molecule has 43 heavy (non-hydrogen) atoms. The van der Waals surface area contributed by atoms with E-state index >= 15 is 0 Å². The molecule has 0 unspecified atom stereocenters. The van der Waals surface area contributed by atoms with Crippen LogP contribution in [0.5, 0.6) is 0 Å². The maximum Gasteiger partial charge on any atom is 0.434 e. The molecule has 2 aromatic carbocycles. The van der Waals surface area contributed by atoms with Crippen molar-refractivity contribution in [1.82, 2.24) is 10.4 Å². The van der Waals surface area contributed by atoms with E-state index in [-0.39, 0.29) is 16.9 Å². The third kappa shape index (κ3) is 9.04. The van der Waals surface area contributed by atoms with Crippen molar-refractivity contribution in [2.75, 3.05) is 23.5 Å². The summed E-state index contributed by atoms with van der Waals surface area (Å²) < 4.78 is 46.9. The van der Waals surface area contributed by atoms with Crippen LogP contribution in [0.25, 0.3) is 11.1 Å². The van der Waals surface area contributed by atoms with Crippen LogP contribution >= 0.6 is 0 Å². The Bertz CT molecular complexity index is 1480. The molecule has 0 spiro atoms. The molecule has 0 radical (unpaired) electrons. The Kier molecular flexibility index (Phi) is 10.2. The van der Waals surface area contributed by atoms with Crippen LogP contribution in [0.2, 0.25) is 0 Å². The summed E-state index contributed by atoms with van der Waals surface area (Å²) in [5.74, 6) is -1.36. The first-order valence-corrected chi connectivity index (χ1v) is 13.8. The Balaban J connectivity index is 1.91. The second-order valence-corrected chi connectivity index (χ2v) is 11.3. The molecular formula is C32H37F3N4O4. The van der Waals surface area contributed by atoms with Gasteiger partial charge in [0.05, 0.1) is 23.4 Å². The van der Waals surface area contributed by atoms with E-state index in [1.165, 1.54) is 11.9 Å². The van der Waals surface area contributed by atoms with Gasteiger partial charge in [-0.2, -0.15) is 18.2 Å². The first-order chi connectivity index (χ1) is 20.0. The topological polar surface area (TPSA) is 91.8 Å². The highest BCUT2D eigenvalue weighted by Gasteiger charge is 2.36. The maximum absolute atomic E-state index is 13.8. The van der Waals surface area contributed by atoms with Gasteiger partial charge >= 0.3 is 12.3 Å². The highest BCUT2D eigenvalue weighted by molar-refractivity contribution is 6.09. The van der Waals surface area contributed by atoms with Crippen LogP contribution in [-0.4, -0.2) is 42.0 Å². The average molecular weight is 599 g/mol. The number of alkyl halides is 3. The number of hydrogen-bond acceptors (Lipinski definition) is 6. The van der Waals surface area contributed by atoms with E-state index < -0.39 is 41.5 Å². The number of benzene rings is 2. The number of ketones is 1. The number of carbonyl (C=O) groups is 3. The smallest absolute Gasteiger partial charge is 0.434 e. The quantitative estimate of drug-likeness (QED) is 0.167. The minimum absolute atomic E-state index is 0.0635. The zero-order valence-corrected chi connectivity index (χ0v) is 25.4. The summed E-state index contributed by atoms with van der Waals surface area (Å²) in [7, 11) is 1.51. The molecule has 0 saturated carbocycles.